The summed E-state index contributed by atoms with van der Waals surface area (Å²) in [5, 5.41) is 1.96. The van der Waals surface area contributed by atoms with Gasteiger partial charge in [-0.05, 0) is 62.8 Å². The minimum absolute atomic E-state index is 0.411. The lowest BCUT2D eigenvalue weighted by Crippen LogP contribution is -2.15. The highest BCUT2D eigenvalue weighted by molar-refractivity contribution is 9.10. The molecule has 1 heterocycles. The summed E-state index contributed by atoms with van der Waals surface area (Å²) in [5.41, 5.74) is 3.03. The van der Waals surface area contributed by atoms with Gasteiger partial charge in [-0.25, -0.2) is 4.79 Å². The Morgan fingerprint density at radius 1 is 0.829 bits per heavy atom. The van der Waals surface area contributed by atoms with E-state index in [9.17, 15) is 4.79 Å². The van der Waals surface area contributed by atoms with Crippen molar-refractivity contribution in [2.24, 2.45) is 0 Å². The highest BCUT2D eigenvalue weighted by Gasteiger charge is 2.24. The van der Waals surface area contributed by atoms with Crippen LogP contribution in [-0.4, -0.2) is 11.0 Å². The van der Waals surface area contributed by atoms with Crippen LogP contribution in [0.25, 0.3) is 10.8 Å². The van der Waals surface area contributed by atoms with E-state index in [1.807, 2.05) is 97.1 Å². The molecular weight excluding hydrogens is 502 g/mol. The molecule has 5 rings (SSSR count). The zero-order valence-corrected chi connectivity index (χ0v) is 20.4. The quantitative estimate of drug-likeness (QED) is 0.207. The van der Waals surface area contributed by atoms with Crippen molar-refractivity contribution in [3.63, 3.8) is 0 Å². The first kappa shape index (κ1) is 22.8. The second-order valence-corrected chi connectivity index (χ2v) is 8.89. The molecule has 0 aliphatic heterocycles. The molecule has 0 saturated carbocycles. The average Bonchev–Trinajstić information content (AvgIpc) is 2.92. The predicted octanol–water partition coefficient (Wildman–Crippen LogP) is 7.52. The standard InChI is InChI=1S/C30H22BrNO3/c31-26-19-24(15-16-27(26)34-20-21-9-3-1-4-10-21)29(35-30(33)23-12-5-2-6-13-23)28-25-14-8-7-11-22(25)17-18-32-28/h1-19,29H,20H2. The van der Waals surface area contributed by atoms with E-state index in [1.54, 1.807) is 18.3 Å². The molecule has 1 aromatic heterocycles. The number of hydrogen-bond donors (Lipinski definition) is 0. The fourth-order valence-electron chi connectivity index (χ4n) is 3.92. The molecule has 0 aliphatic rings. The van der Waals surface area contributed by atoms with Gasteiger partial charge in [0.05, 0.1) is 15.7 Å². The van der Waals surface area contributed by atoms with Crippen LogP contribution in [0.3, 0.4) is 0 Å². The second-order valence-electron chi connectivity index (χ2n) is 8.03. The van der Waals surface area contributed by atoms with Gasteiger partial charge in [-0.15, -0.1) is 0 Å². The lowest BCUT2D eigenvalue weighted by molar-refractivity contribution is 0.0373. The summed E-state index contributed by atoms with van der Waals surface area (Å²) >= 11 is 3.64. The molecule has 0 amide bonds. The van der Waals surface area contributed by atoms with Crippen LogP contribution in [0, 0.1) is 0 Å². The maximum absolute atomic E-state index is 13.1. The largest absolute Gasteiger partial charge is 0.488 e. The van der Waals surface area contributed by atoms with Gasteiger partial charge in [0.2, 0.25) is 0 Å². The van der Waals surface area contributed by atoms with E-state index in [4.69, 9.17) is 9.47 Å². The third-order valence-electron chi connectivity index (χ3n) is 5.68. The van der Waals surface area contributed by atoms with Crippen LogP contribution < -0.4 is 4.74 Å². The molecule has 0 bridgehead atoms. The van der Waals surface area contributed by atoms with Crippen LogP contribution in [0.5, 0.6) is 5.75 Å². The van der Waals surface area contributed by atoms with E-state index < -0.39 is 12.1 Å². The fraction of sp³-hybridized carbons (Fsp3) is 0.0667. The Labute approximate surface area is 212 Å². The molecule has 172 valence electrons. The van der Waals surface area contributed by atoms with Crippen molar-refractivity contribution in [3.05, 3.63) is 142 Å². The van der Waals surface area contributed by atoms with Crippen molar-refractivity contribution in [1.29, 1.82) is 0 Å². The minimum Gasteiger partial charge on any atom is -0.488 e. The summed E-state index contributed by atoms with van der Waals surface area (Å²) in [5.74, 6) is 0.294. The molecule has 0 radical (unpaired) electrons. The van der Waals surface area contributed by atoms with Gasteiger partial charge in [-0.1, -0.05) is 78.9 Å². The predicted molar refractivity (Wildman–Crippen MR) is 140 cm³/mol. The molecular formula is C30H22BrNO3. The first-order valence-electron chi connectivity index (χ1n) is 11.2. The van der Waals surface area contributed by atoms with Crippen LogP contribution in [-0.2, 0) is 11.3 Å². The van der Waals surface area contributed by atoms with E-state index in [0.29, 0.717) is 23.6 Å². The van der Waals surface area contributed by atoms with Gasteiger partial charge in [-0.3, -0.25) is 4.98 Å². The molecule has 5 aromatic rings. The fourth-order valence-corrected chi connectivity index (χ4v) is 4.43. The van der Waals surface area contributed by atoms with Crippen molar-refractivity contribution >= 4 is 32.7 Å². The SMILES string of the molecule is O=C(OC(c1ccc(OCc2ccccc2)c(Br)c1)c1nccc2ccccc12)c1ccccc1. The second kappa shape index (κ2) is 10.5. The van der Waals surface area contributed by atoms with E-state index in [2.05, 4.69) is 20.9 Å². The molecule has 0 spiro atoms. The Balaban J connectivity index is 1.50. The van der Waals surface area contributed by atoms with Gasteiger partial charge in [0.25, 0.3) is 0 Å². The molecule has 0 fully saturated rings. The number of benzene rings is 4. The molecule has 1 unspecified atom stereocenters. The smallest absolute Gasteiger partial charge is 0.339 e. The lowest BCUT2D eigenvalue weighted by Gasteiger charge is -2.20. The van der Waals surface area contributed by atoms with E-state index >= 15 is 0 Å². The average molecular weight is 524 g/mol. The Morgan fingerprint density at radius 2 is 1.54 bits per heavy atom. The van der Waals surface area contributed by atoms with Crippen LogP contribution in [0.4, 0.5) is 0 Å². The highest BCUT2D eigenvalue weighted by Crippen LogP contribution is 2.35. The Morgan fingerprint density at radius 3 is 2.31 bits per heavy atom. The first-order chi connectivity index (χ1) is 17.2. The summed E-state index contributed by atoms with van der Waals surface area (Å²) in [6.07, 6.45) is 1.04. The van der Waals surface area contributed by atoms with Gasteiger partial charge in [-0.2, -0.15) is 0 Å². The molecule has 5 heteroatoms. The van der Waals surface area contributed by atoms with Gasteiger partial charge < -0.3 is 9.47 Å². The van der Waals surface area contributed by atoms with Gasteiger partial charge in [0.1, 0.15) is 12.4 Å². The third-order valence-corrected chi connectivity index (χ3v) is 6.30. The van der Waals surface area contributed by atoms with Crippen molar-refractivity contribution in [2.75, 3.05) is 0 Å². The number of rotatable bonds is 7. The normalized spacial score (nSPS) is 11.7. The van der Waals surface area contributed by atoms with Crippen molar-refractivity contribution < 1.29 is 14.3 Å². The summed E-state index contributed by atoms with van der Waals surface area (Å²) < 4.78 is 12.9. The third kappa shape index (κ3) is 5.26. The van der Waals surface area contributed by atoms with E-state index in [0.717, 1.165) is 26.4 Å². The summed E-state index contributed by atoms with van der Waals surface area (Å²) in [4.78, 5) is 17.7. The Bertz CT molecular complexity index is 1450. The first-order valence-corrected chi connectivity index (χ1v) is 12.0. The summed E-state index contributed by atoms with van der Waals surface area (Å²) in [7, 11) is 0. The van der Waals surface area contributed by atoms with E-state index in [1.165, 1.54) is 0 Å². The number of esters is 1. The number of nitrogens with zero attached hydrogens (tertiary/aromatic N) is 1. The van der Waals surface area contributed by atoms with E-state index in [-0.39, 0.29) is 0 Å². The Kier molecular flexibility index (Phi) is 6.87. The van der Waals surface area contributed by atoms with Crippen LogP contribution >= 0.6 is 15.9 Å². The zero-order chi connectivity index (χ0) is 24.0. The molecule has 4 aromatic carbocycles. The van der Waals surface area contributed by atoms with Gasteiger partial charge in [0.15, 0.2) is 6.10 Å². The highest BCUT2D eigenvalue weighted by atomic mass is 79.9. The zero-order valence-electron chi connectivity index (χ0n) is 18.8. The van der Waals surface area contributed by atoms with Gasteiger partial charge in [0, 0.05) is 11.6 Å². The number of carbonyl (C=O) groups is 1. The number of halogens is 1. The van der Waals surface area contributed by atoms with Gasteiger partial charge >= 0.3 is 5.97 Å². The maximum atomic E-state index is 13.1. The topological polar surface area (TPSA) is 48.4 Å². The lowest BCUT2D eigenvalue weighted by atomic mass is 10.0. The van der Waals surface area contributed by atoms with Crippen LogP contribution in [0.1, 0.15) is 33.3 Å². The molecule has 0 N–H and O–H groups in total. The molecule has 4 nitrogen and oxygen atoms in total. The molecule has 0 aliphatic carbocycles. The van der Waals surface area contributed by atoms with Crippen LogP contribution in [0.2, 0.25) is 0 Å². The minimum atomic E-state index is -0.701. The van der Waals surface area contributed by atoms with Crippen molar-refractivity contribution in [3.8, 4) is 5.75 Å². The number of aromatic nitrogens is 1. The van der Waals surface area contributed by atoms with Crippen LogP contribution in [0.15, 0.2) is 120 Å². The molecule has 0 saturated heterocycles. The van der Waals surface area contributed by atoms with Crippen molar-refractivity contribution in [2.45, 2.75) is 12.7 Å². The monoisotopic (exact) mass is 523 g/mol. The van der Waals surface area contributed by atoms with Crippen molar-refractivity contribution in [1.82, 2.24) is 4.98 Å². The summed E-state index contributed by atoms with van der Waals surface area (Å²) in [6, 6.07) is 34.6. The Hall–Kier alpha value is -3.96. The summed E-state index contributed by atoms with van der Waals surface area (Å²) in [6.45, 7) is 0.454. The maximum Gasteiger partial charge on any atom is 0.339 e. The number of carbonyl (C=O) groups excluding carboxylic acids is 1. The molecule has 35 heavy (non-hydrogen) atoms. The number of ether oxygens (including phenoxy) is 2. The number of pyridine rings is 1. The number of hydrogen-bond acceptors (Lipinski definition) is 4. The number of fused-ring (bicyclic) bond motifs is 1. The molecule has 1 atom stereocenters.